The van der Waals surface area contributed by atoms with E-state index in [4.69, 9.17) is 18.9 Å². The fraction of sp³-hybridized carbons (Fsp3) is 0.739. The normalized spacial score (nSPS) is 13.0. The molecule has 1 atom stereocenters. The van der Waals surface area contributed by atoms with E-state index in [0.29, 0.717) is 19.8 Å². The highest BCUT2D eigenvalue weighted by Crippen LogP contribution is 2.25. The molecule has 0 aromatic heterocycles. The molecule has 4 heteroatoms. The third kappa shape index (κ3) is 9.70. The molecule has 4 nitrogen and oxygen atoms in total. The van der Waals surface area contributed by atoms with E-state index in [1.165, 1.54) is 37.7 Å². The van der Waals surface area contributed by atoms with Crippen molar-refractivity contribution in [3.8, 4) is 0 Å². The second kappa shape index (κ2) is 15.0. The topological polar surface area (TPSA) is 36.9 Å². The first kappa shape index (κ1) is 24.1. The van der Waals surface area contributed by atoms with Crippen molar-refractivity contribution in [2.75, 3.05) is 26.9 Å². The summed E-state index contributed by atoms with van der Waals surface area (Å²) < 4.78 is 23.0. The molecule has 156 valence electrons. The standard InChI is InChI=1S/C23H40O4/c1-5-25-23(26-6-2,27-7-3)20-16-11-9-8-10-15-19-22(24-4)21-17-13-12-14-18-21/h12-14,17-18,22H,5-11,15-16,19-20H2,1-4H3. The van der Waals surface area contributed by atoms with Crippen LogP contribution >= 0.6 is 0 Å². The first-order valence-electron chi connectivity index (χ1n) is 10.7. The second-order valence-corrected chi connectivity index (χ2v) is 6.78. The summed E-state index contributed by atoms with van der Waals surface area (Å²) in [7, 11) is 1.80. The molecule has 1 aromatic rings. The molecule has 1 rings (SSSR count). The minimum absolute atomic E-state index is 0.218. The molecule has 0 aliphatic heterocycles. The summed E-state index contributed by atoms with van der Waals surface area (Å²) in [6, 6.07) is 10.5. The Kier molecular flexibility index (Phi) is 13.4. The third-order valence-corrected chi connectivity index (χ3v) is 4.75. The van der Waals surface area contributed by atoms with Gasteiger partial charge in [-0.3, -0.25) is 0 Å². The highest BCUT2D eigenvalue weighted by molar-refractivity contribution is 5.17. The largest absolute Gasteiger partial charge is 0.377 e. The van der Waals surface area contributed by atoms with Gasteiger partial charge >= 0.3 is 0 Å². The lowest BCUT2D eigenvalue weighted by atomic mass is 10.0. The zero-order valence-electron chi connectivity index (χ0n) is 17.9. The van der Waals surface area contributed by atoms with Crippen molar-refractivity contribution in [2.45, 2.75) is 84.2 Å². The molecule has 0 saturated carbocycles. The van der Waals surface area contributed by atoms with Crippen LogP contribution in [-0.2, 0) is 18.9 Å². The van der Waals surface area contributed by atoms with Gasteiger partial charge in [-0.05, 0) is 39.2 Å². The minimum Gasteiger partial charge on any atom is -0.377 e. The van der Waals surface area contributed by atoms with Crippen molar-refractivity contribution in [2.24, 2.45) is 0 Å². The van der Waals surface area contributed by atoms with Crippen LogP contribution in [0.15, 0.2) is 30.3 Å². The van der Waals surface area contributed by atoms with E-state index >= 15 is 0 Å². The molecule has 0 bridgehead atoms. The number of methoxy groups -OCH3 is 1. The van der Waals surface area contributed by atoms with Crippen LogP contribution in [0.5, 0.6) is 0 Å². The summed E-state index contributed by atoms with van der Waals surface area (Å²) in [5, 5.41) is 0. The number of unbranched alkanes of at least 4 members (excludes halogenated alkanes) is 5. The van der Waals surface area contributed by atoms with Crippen molar-refractivity contribution < 1.29 is 18.9 Å². The Morgan fingerprint density at radius 3 is 1.78 bits per heavy atom. The number of hydrogen-bond donors (Lipinski definition) is 0. The molecule has 0 spiro atoms. The Morgan fingerprint density at radius 2 is 1.26 bits per heavy atom. The van der Waals surface area contributed by atoms with Crippen LogP contribution in [0.2, 0.25) is 0 Å². The summed E-state index contributed by atoms with van der Waals surface area (Å²) in [5.74, 6) is -0.848. The van der Waals surface area contributed by atoms with Gasteiger partial charge in [0.1, 0.15) is 0 Å². The molecule has 0 aliphatic carbocycles. The Morgan fingerprint density at radius 1 is 0.741 bits per heavy atom. The predicted molar refractivity (Wildman–Crippen MR) is 111 cm³/mol. The average molecular weight is 381 g/mol. The zero-order valence-corrected chi connectivity index (χ0v) is 17.9. The van der Waals surface area contributed by atoms with Gasteiger partial charge < -0.3 is 18.9 Å². The van der Waals surface area contributed by atoms with Gasteiger partial charge in [0, 0.05) is 33.4 Å². The number of ether oxygens (including phenoxy) is 4. The van der Waals surface area contributed by atoms with Gasteiger partial charge in [-0.2, -0.15) is 0 Å². The quantitative estimate of drug-likeness (QED) is 0.236. The Hall–Kier alpha value is -0.940. The maximum absolute atomic E-state index is 5.78. The van der Waals surface area contributed by atoms with Crippen LogP contribution in [0.3, 0.4) is 0 Å². The molecular weight excluding hydrogens is 340 g/mol. The Labute approximate surface area is 166 Å². The minimum atomic E-state index is -0.848. The van der Waals surface area contributed by atoms with Gasteiger partial charge in [0.05, 0.1) is 6.10 Å². The lowest BCUT2D eigenvalue weighted by molar-refractivity contribution is -0.380. The zero-order chi connectivity index (χ0) is 19.8. The Balaban J connectivity index is 2.18. The third-order valence-electron chi connectivity index (χ3n) is 4.75. The van der Waals surface area contributed by atoms with Gasteiger partial charge in [0.2, 0.25) is 0 Å². The maximum Gasteiger partial charge on any atom is 0.282 e. The number of benzene rings is 1. The van der Waals surface area contributed by atoms with Crippen LogP contribution in [0.4, 0.5) is 0 Å². The summed E-state index contributed by atoms with van der Waals surface area (Å²) >= 11 is 0. The summed E-state index contributed by atoms with van der Waals surface area (Å²) in [6.45, 7) is 7.74. The molecule has 0 aliphatic rings. The van der Waals surface area contributed by atoms with Gasteiger partial charge in [0.25, 0.3) is 5.97 Å². The molecular formula is C23H40O4. The predicted octanol–water partition coefficient (Wildman–Crippen LogP) is 6.26. The molecule has 0 saturated heterocycles. The van der Waals surface area contributed by atoms with Crippen LogP contribution < -0.4 is 0 Å². The molecule has 0 fully saturated rings. The SMILES string of the molecule is CCOC(CCCCCCCCC(OC)c1ccccc1)(OCC)OCC. The fourth-order valence-electron chi connectivity index (χ4n) is 3.47. The van der Waals surface area contributed by atoms with Crippen LogP contribution in [0, 0.1) is 0 Å². The first-order chi connectivity index (χ1) is 13.2. The fourth-order valence-corrected chi connectivity index (χ4v) is 3.47. The maximum atomic E-state index is 5.78. The second-order valence-electron chi connectivity index (χ2n) is 6.78. The number of hydrogen-bond acceptors (Lipinski definition) is 4. The van der Waals surface area contributed by atoms with Gasteiger partial charge in [0.15, 0.2) is 0 Å². The summed E-state index contributed by atoms with van der Waals surface area (Å²) in [5.41, 5.74) is 1.28. The van der Waals surface area contributed by atoms with Crippen LogP contribution in [0.25, 0.3) is 0 Å². The average Bonchev–Trinajstić information content (AvgIpc) is 2.68. The van der Waals surface area contributed by atoms with Crippen molar-refractivity contribution in [1.82, 2.24) is 0 Å². The first-order valence-corrected chi connectivity index (χ1v) is 10.7. The summed E-state index contributed by atoms with van der Waals surface area (Å²) in [4.78, 5) is 0. The molecule has 0 radical (unpaired) electrons. The lowest BCUT2D eigenvalue weighted by Gasteiger charge is -2.32. The molecule has 1 aromatic carbocycles. The van der Waals surface area contributed by atoms with Crippen molar-refractivity contribution >= 4 is 0 Å². The van der Waals surface area contributed by atoms with E-state index in [1.54, 1.807) is 7.11 Å². The number of rotatable bonds is 17. The van der Waals surface area contributed by atoms with E-state index in [0.717, 1.165) is 19.3 Å². The smallest absolute Gasteiger partial charge is 0.282 e. The highest BCUT2D eigenvalue weighted by Gasteiger charge is 2.31. The van der Waals surface area contributed by atoms with Crippen LogP contribution in [0.1, 0.15) is 83.8 Å². The molecule has 27 heavy (non-hydrogen) atoms. The highest BCUT2D eigenvalue weighted by atomic mass is 16.9. The molecule has 0 N–H and O–H groups in total. The van der Waals surface area contributed by atoms with Crippen molar-refractivity contribution in [3.63, 3.8) is 0 Å². The monoisotopic (exact) mass is 380 g/mol. The van der Waals surface area contributed by atoms with Gasteiger partial charge in [-0.15, -0.1) is 0 Å². The molecule has 1 unspecified atom stereocenters. The van der Waals surface area contributed by atoms with E-state index in [-0.39, 0.29) is 6.10 Å². The molecule has 0 heterocycles. The van der Waals surface area contributed by atoms with E-state index in [1.807, 2.05) is 26.8 Å². The Bertz CT molecular complexity index is 432. The van der Waals surface area contributed by atoms with Gasteiger partial charge in [-0.25, -0.2) is 0 Å². The molecule has 0 amide bonds. The van der Waals surface area contributed by atoms with Crippen molar-refractivity contribution in [1.29, 1.82) is 0 Å². The van der Waals surface area contributed by atoms with E-state index in [2.05, 4.69) is 24.3 Å². The van der Waals surface area contributed by atoms with E-state index in [9.17, 15) is 0 Å². The van der Waals surface area contributed by atoms with Crippen molar-refractivity contribution in [3.05, 3.63) is 35.9 Å². The summed E-state index contributed by atoms with van der Waals surface area (Å²) in [6.07, 6.45) is 9.29. The van der Waals surface area contributed by atoms with E-state index < -0.39 is 5.97 Å². The van der Waals surface area contributed by atoms with Gasteiger partial charge in [-0.1, -0.05) is 62.4 Å². The lowest BCUT2D eigenvalue weighted by Crippen LogP contribution is -2.39. The van der Waals surface area contributed by atoms with Crippen LogP contribution in [-0.4, -0.2) is 32.9 Å².